The van der Waals surface area contributed by atoms with Crippen LogP contribution in [-0.2, 0) is 0 Å². The number of aromatic hydroxyl groups is 1. The first-order valence-electron chi connectivity index (χ1n) is 7.04. The van der Waals surface area contributed by atoms with E-state index in [0.717, 1.165) is 43.7 Å². The number of phenolic OH excluding ortho intramolecular Hbond substituents is 1. The summed E-state index contributed by atoms with van der Waals surface area (Å²) in [5, 5.41) is 22.9. The molecular weight excluding hydrogens is 401 g/mol. The van der Waals surface area contributed by atoms with Gasteiger partial charge in [0.2, 0.25) is 0 Å². The lowest BCUT2D eigenvalue weighted by atomic mass is 9.95. The van der Waals surface area contributed by atoms with Crippen LogP contribution in [0.15, 0.2) is 28.8 Å². The van der Waals surface area contributed by atoms with E-state index in [9.17, 15) is 5.11 Å². The van der Waals surface area contributed by atoms with E-state index >= 15 is 0 Å². The molecule has 0 bridgehead atoms. The molecule has 7 heteroatoms. The summed E-state index contributed by atoms with van der Waals surface area (Å²) in [4.78, 5) is 2.34. The average molecular weight is 423 g/mol. The minimum atomic E-state index is 0. The molecule has 1 aromatic rings. The molecule has 1 aromatic carbocycles. The quantitative estimate of drug-likeness (QED) is 0.724. The van der Waals surface area contributed by atoms with Gasteiger partial charge >= 0.3 is 0 Å². The number of hydrogen-bond donors (Lipinski definition) is 2. The van der Waals surface area contributed by atoms with Gasteiger partial charge in [-0.25, -0.2) is 0 Å². The predicted octanol–water partition coefficient (Wildman–Crippen LogP) is 3.78. The van der Waals surface area contributed by atoms with Gasteiger partial charge in [0.05, 0.1) is 16.1 Å². The summed E-state index contributed by atoms with van der Waals surface area (Å²) in [5.41, 5.74) is 2.42. The van der Waals surface area contributed by atoms with Gasteiger partial charge in [-0.2, -0.15) is 5.26 Å². The van der Waals surface area contributed by atoms with Gasteiger partial charge in [0.1, 0.15) is 5.75 Å². The number of benzene rings is 1. The lowest BCUT2D eigenvalue weighted by Gasteiger charge is -2.36. The summed E-state index contributed by atoms with van der Waals surface area (Å²) >= 11 is 3.34. The van der Waals surface area contributed by atoms with E-state index in [2.05, 4.69) is 38.8 Å². The summed E-state index contributed by atoms with van der Waals surface area (Å²) in [6, 6.07) is 5.64. The number of rotatable bonds is 4. The van der Waals surface area contributed by atoms with E-state index in [4.69, 9.17) is 5.26 Å². The van der Waals surface area contributed by atoms with Gasteiger partial charge in [0, 0.05) is 37.8 Å². The summed E-state index contributed by atoms with van der Waals surface area (Å²) in [6.07, 6.45) is 0.773. The van der Waals surface area contributed by atoms with Crippen LogP contribution in [0.25, 0.3) is 0 Å². The number of piperazine rings is 1. The number of hydrogen-bond acceptors (Lipinski definition) is 4. The van der Waals surface area contributed by atoms with Crippen molar-refractivity contribution in [1.29, 1.82) is 5.26 Å². The molecule has 2 rings (SSSR count). The minimum Gasteiger partial charge on any atom is -0.506 e. The monoisotopic (exact) mass is 421 g/mol. The van der Waals surface area contributed by atoms with Crippen LogP contribution in [0.2, 0.25) is 0 Å². The van der Waals surface area contributed by atoms with Gasteiger partial charge in [-0.05, 0) is 41.4 Å². The van der Waals surface area contributed by atoms with E-state index in [1.807, 2.05) is 6.92 Å². The lowest BCUT2D eigenvalue weighted by Crippen LogP contribution is -2.45. The third-order valence-electron chi connectivity index (χ3n) is 3.72. The van der Waals surface area contributed by atoms with Crippen LogP contribution < -0.4 is 5.32 Å². The third kappa shape index (κ3) is 5.66. The topological polar surface area (TPSA) is 59.3 Å². The Hall–Kier alpha value is -0.770. The fraction of sp³-hybridized carbons (Fsp3) is 0.438. The molecular formula is C16H22BrCl2N3O. The highest BCUT2D eigenvalue weighted by Crippen LogP contribution is 2.38. The van der Waals surface area contributed by atoms with E-state index in [-0.39, 0.29) is 36.6 Å². The first-order chi connectivity index (χ1) is 10.0. The van der Waals surface area contributed by atoms with Crippen molar-refractivity contribution in [3.8, 4) is 11.8 Å². The number of nitrogens with one attached hydrogen (secondary N) is 1. The molecule has 1 atom stereocenters. The zero-order chi connectivity index (χ0) is 15.4. The Bertz CT molecular complexity index is 583. The molecule has 2 N–H and O–H groups in total. The van der Waals surface area contributed by atoms with Gasteiger partial charge in [-0.15, -0.1) is 31.4 Å². The number of phenols is 1. The second-order valence-corrected chi connectivity index (χ2v) is 6.33. The lowest BCUT2D eigenvalue weighted by molar-refractivity contribution is 0.170. The van der Waals surface area contributed by atoms with Gasteiger partial charge in [0.25, 0.3) is 0 Å². The largest absolute Gasteiger partial charge is 0.506 e. The van der Waals surface area contributed by atoms with Crippen molar-refractivity contribution in [2.24, 2.45) is 0 Å². The van der Waals surface area contributed by atoms with Crippen LogP contribution in [0.5, 0.6) is 5.75 Å². The van der Waals surface area contributed by atoms with Crippen LogP contribution in [0.3, 0.4) is 0 Å². The molecule has 0 saturated carbocycles. The Balaban J connectivity index is 0.00000242. The summed E-state index contributed by atoms with van der Waals surface area (Å²) in [5.74, 6) is 0.221. The van der Waals surface area contributed by atoms with Crippen molar-refractivity contribution in [2.75, 3.05) is 26.2 Å². The molecule has 0 radical (unpaired) electrons. The van der Waals surface area contributed by atoms with Crippen LogP contribution in [0.1, 0.15) is 30.5 Å². The second kappa shape index (κ2) is 10.2. The van der Waals surface area contributed by atoms with Gasteiger partial charge in [0.15, 0.2) is 0 Å². The predicted molar refractivity (Wildman–Crippen MR) is 102 cm³/mol. The van der Waals surface area contributed by atoms with Crippen LogP contribution in [0.4, 0.5) is 0 Å². The van der Waals surface area contributed by atoms with E-state index in [1.54, 1.807) is 12.1 Å². The fourth-order valence-corrected chi connectivity index (χ4v) is 3.17. The minimum absolute atomic E-state index is 0. The normalized spacial score (nSPS) is 15.7. The Labute approximate surface area is 158 Å². The number of nitrogens with zero attached hydrogens (tertiary/aromatic N) is 2. The molecule has 0 amide bonds. The number of nitriles is 1. The van der Waals surface area contributed by atoms with Crippen molar-refractivity contribution in [3.05, 3.63) is 39.9 Å². The smallest absolute Gasteiger partial charge is 0.134 e. The third-order valence-corrected chi connectivity index (χ3v) is 4.32. The zero-order valence-corrected chi connectivity index (χ0v) is 16.2. The first kappa shape index (κ1) is 22.2. The molecule has 1 fully saturated rings. The van der Waals surface area contributed by atoms with Gasteiger partial charge in [-0.3, -0.25) is 4.90 Å². The highest BCUT2D eigenvalue weighted by atomic mass is 79.9. The summed E-state index contributed by atoms with van der Waals surface area (Å²) < 4.78 is 0.568. The van der Waals surface area contributed by atoms with Crippen LogP contribution >= 0.6 is 40.7 Å². The Morgan fingerprint density at radius 1 is 1.43 bits per heavy atom. The maximum Gasteiger partial charge on any atom is 0.134 e. The molecule has 1 heterocycles. The Morgan fingerprint density at radius 3 is 2.57 bits per heavy atom. The van der Waals surface area contributed by atoms with Crippen molar-refractivity contribution in [2.45, 2.75) is 19.4 Å². The summed E-state index contributed by atoms with van der Waals surface area (Å²) in [6.45, 7) is 9.72. The van der Waals surface area contributed by atoms with Crippen molar-refractivity contribution >= 4 is 40.7 Å². The van der Waals surface area contributed by atoms with Crippen molar-refractivity contribution in [1.82, 2.24) is 10.2 Å². The molecule has 0 aliphatic carbocycles. The molecule has 0 spiro atoms. The molecule has 4 nitrogen and oxygen atoms in total. The maximum absolute atomic E-state index is 10.4. The average Bonchev–Trinajstić information content (AvgIpc) is 2.48. The van der Waals surface area contributed by atoms with Gasteiger partial charge in [-0.1, -0.05) is 5.57 Å². The highest BCUT2D eigenvalue weighted by molar-refractivity contribution is 9.10. The second-order valence-electron chi connectivity index (χ2n) is 5.47. The molecule has 128 valence electrons. The zero-order valence-electron chi connectivity index (χ0n) is 13.0. The molecule has 0 aromatic heterocycles. The standard InChI is InChI=1S/C16H20BrN3O.2ClH/c1-11(2)7-15(20-5-3-19-4-6-20)13-8-12(10-18)9-14(17)16(13)21;;/h8-9,15,19,21H,1,3-7H2,2H3;2*1H/t15-;;/m0../s1. The molecule has 23 heavy (non-hydrogen) atoms. The Kier molecular flexibility index (Phi) is 9.83. The molecule has 0 unspecified atom stereocenters. The Morgan fingerprint density at radius 2 is 2.04 bits per heavy atom. The van der Waals surface area contributed by atoms with Crippen LogP contribution in [0, 0.1) is 11.3 Å². The van der Waals surface area contributed by atoms with Crippen molar-refractivity contribution in [3.63, 3.8) is 0 Å². The number of halogens is 3. The highest BCUT2D eigenvalue weighted by Gasteiger charge is 2.25. The van der Waals surface area contributed by atoms with Crippen molar-refractivity contribution < 1.29 is 5.11 Å². The van der Waals surface area contributed by atoms with Crippen LogP contribution in [-0.4, -0.2) is 36.2 Å². The fourth-order valence-electron chi connectivity index (χ4n) is 2.70. The van der Waals surface area contributed by atoms with E-state index < -0.39 is 0 Å². The first-order valence-corrected chi connectivity index (χ1v) is 7.84. The van der Waals surface area contributed by atoms with E-state index in [0.29, 0.717) is 10.0 Å². The maximum atomic E-state index is 10.4. The SMILES string of the molecule is C=C(C)C[C@@H](c1cc(C#N)cc(Br)c1O)N1CCNCC1.Cl.Cl. The van der Waals surface area contributed by atoms with Gasteiger partial charge < -0.3 is 10.4 Å². The molecule has 1 aliphatic rings. The van der Waals surface area contributed by atoms with E-state index in [1.165, 1.54) is 0 Å². The molecule has 1 saturated heterocycles. The summed E-state index contributed by atoms with van der Waals surface area (Å²) in [7, 11) is 0. The molecule has 1 aliphatic heterocycles.